The summed E-state index contributed by atoms with van der Waals surface area (Å²) in [4.78, 5) is 43.2. The maximum atomic E-state index is 13.8. The second kappa shape index (κ2) is 11.3. The number of hydrogen-bond acceptors (Lipinski definition) is 3. The van der Waals surface area contributed by atoms with Crippen LogP contribution in [0, 0.1) is 0 Å². The van der Waals surface area contributed by atoms with Gasteiger partial charge in [0, 0.05) is 39.6 Å². The molecule has 188 valence electrons. The highest BCUT2D eigenvalue weighted by Gasteiger charge is 2.35. The van der Waals surface area contributed by atoms with Crippen molar-refractivity contribution in [2.45, 2.75) is 45.7 Å². The molecule has 3 amide bonds. The number of unbranched alkanes of at least 4 members (excludes halogenated alkanes) is 1. The maximum absolute atomic E-state index is 13.8. The van der Waals surface area contributed by atoms with Crippen molar-refractivity contribution in [2.24, 2.45) is 0 Å². The van der Waals surface area contributed by atoms with Gasteiger partial charge in [-0.2, -0.15) is 0 Å². The van der Waals surface area contributed by atoms with Gasteiger partial charge in [-0.15, -0.1) is 0 Å². The van der Waals surface area contributed by atoms with Crippen LogP contribution in [0.15, 0.2) is 54.6 Å². The third-order valence-corrected chi connectivity index (χ3v) is 7.26. The smallest absolute Gasteiger partial charge is 0.259 e. The summed E-state index contributed by atoms with van der Waals surface area (Å²) in [6.07, 6.45) is 2.19. The molecule has 1 aliphatic rings. The third kappa shape index (κ3) is 5.06. The van der Waals surface area contributed by atoms with Crippen molar-refractivity contribution in [3.63, 3.8) is 0 Å². The number of anilines is 1. The molecule has 36 heavy (non-hydrogen) atoms. The Labute approximate surface area is 221 Å². The molecule has 0 aromatic heterocycles. The van der Waals surface area contributed by atoms with E-state index in [0.29, 0.717) is 39.8 Å². The molecular weight excluding hydrogens is 497 g/mol. The van der Waals surface area contributed by atoms with Crippen molar-refractivity contribution in [3.05, 3.63) is 75.8 Å². The standard InChI is InChI=1S/C28H29Cl2N3O3/c1-3-5-15-31-27(35)23(4-2)32(16-20-21(29)12-8-13-22(20)30)25(34)17-33-24-14-7-10-18-9-6-11-19(26(18)24)28(33)36/h6-14,23H,3-5,15-17H2,1-2H3,(H,31,35). The fourth-order valence-electron chi connectivity index (χ4n) is 4.64. The van der Waals surface area contributed by atoms with Crippen LogP contribution in [0.25, 0.3) is 10.8 Å². The van der Waals surface area contributed by atoms with E-state index in [1.54, 1.807) is 24.3 Å². The van der Waals surface area contributed by atoms with Crippen LogP contribution in [0.4, 0.5) is 5.69 Å². The minimum absolute atomic E-state index is 0.0518. The van der Waals surface area contributed by atoms with E-state index in [1.165, 1.54) is 9.80 Å². The van der Waals surface area contributed by atoms with Gasteiger partial charge < -0.3 is 10.2 Å². The van der Waals surface area contributed by atoms with Gasteiger partial charge in [-0.25, -0.2) is 0 Å². The highest BCUT2D eigenvalue weighted by Crippen LogP contribution is 2.37. The SMILES string of the molecule is CCCCNC(=O)C(CC)N(Cc1c(Cl)cccc1Cl)C(=O)CN1C(=O)c2cccc3cccc1c23. The Morgan fingerprint density at radius 3 is 2.33 bits per heavy atom. The average molecular weight is 526 g/mol. The molecule has 8 heteroatoms. The van der Waals surface area contributed by atoms with E-state index in [1.807, 2.05) is 44.2 Å². The fraction of sp³-hybridized carbons (Fsp3) is 0.321. The van der Waals surface area contributed by atoms with Gasteiger partial charge >= 0.3 is 0 Å². The number of amides is 3. The number of benzene rings is 3. The zero-order chi connectivity index (χ0) is 25.8. The first-order valence-electron chi connectivity index (χ1n) is 12.2. The Morgan fingerprint density at radius 1 is 1.00 bits per heavy atom. The molecule has 0 radical (unpaired) electrons. The average Bonchev–Trinajstić information content (AvgIpc) is 3.13. The van der Waals surface area contributed by atoms with Crippen LogP contribution in [-0.4, -0.2) is 41.8 Å². The molecule has 3 aromatic rings. The molecule has 0 fully saturated rings. The molecule has 1 heterocycles. The van der Waals surface area contributed by atoms with Gasteiger partial charge in [-0.05, 0) is 42.5 Å². The summed E-state index contributed by atoms with van der Waals surface area (Å²) in [5, 5.41) is 5.54. The highest BCUT2D eigenvalue weighted by atomic mass is 35.5. The first-order valence-corrected chi connectivity index (χ1v) is 13.0. The Balaban J connectivity index is 1.66. The van der Waals surface area contributed by atoms with Crippen LogP contribution in [-0.2, 0) is 16.1 Å². The summed E-state index contributed by atoms with van der Waals surface area (Å²) in [6, 6.07) is 15.6. The monoisotopic (exact) mass is 525 g/mol. The molecule has 1 aliphatic heterocycles. The van der Waals surface area contributed by atoms with Crippen LogP contribution in [0.5, 0.6) is 0 Å². The Kier molecular flexibility index (Phi) is 8.17. The topological polar surface area (TPSA) is 69.7 Å². The van der Waals surface area contributed by atoms with Crippen molar-refractivity contribution in [1.82, 2.24) is 10.2 Å². The molecule has 0 bridgehead atoms. The molecule has 3 aromatic carbocycles. The van der Waals surface area contributed by atoms with Crippen molar-refractivity contribution in [2.75, 3.05) is 18.0 Å². The number of rotatable bonds is 10. The molecule has 0 aliphatic carbocycles. The lowest BCUT2D eigenvalue weighted by Gasteiger charge is -2.32. The predicted molar refractivity (Wildman–Crippen MR) is 145 cm³/mol. The van der Waals surface area contributed by atoms with Gasteiger partial charge in [0.25, 0.3) is 5.91 Å². The normalized spacial score (nSPS) is 13.2. The second-order valence-electron chi connectivity index (χ2n) is 8.86. The van der Waals surface area contributed by atoms with Crippen molar-refractivity contribution >= 4 is 57.4 Å². The number of hydrogen-bond donors (Lipinski definition) is 1. The van der Waals surface area contributed by atoms with E-state index in [4.69, 9.17) is 23.2 Å². The molecule has 6 nitrogen and oxygen atoms in total. The summed E-state index contributed by atoms with van der Waals surface area (Å²) in [5.74, 6) is -0.825. The van der Waals surface area contributed by atoms with Crippen molar-refractivity contribution in [1.29, 1.82) is 0 Å². The van der Waals surface area contributed by atoms with Gasteiger partial charge in [0.1, 0.15) is 12.6 Å². The molecule has 0 spiro atoms. The van der Waals surface area contributed by atoms with Crippen molar-refractivity contribution < 1.29 is 14.4 Å². The summed E-state index contributed by atoms with van der Waals surface area (Å²) in [7, 11) is 0. The van der Waals surface area contributed by atoms with Crippen LogP contribution in [0.3, 0.4) is 0 Å². The summed E-state index contributed by atoms with van der Waals surface area (Å²) in [5.41, 5.74) is 1.82. The van der Waals surface area contributed by atoms with Crippen LogP contribution >= 0.6 is 23.2 Å². The van der Waals surface area contributed by atoms with E-state index in [-0.39, 0.29) is 30.8 Å². The van der Waals surface area contributed by atoms with Gasteiger partial charge in [-0.1, -0.05) is 73.8 Å². The zero-order valence-corrected chi connectivity index (χ0v) is 21.9. The van der Waals surface area contributed by atoms with E-state index in [9.17, 15) is 14.4 Å². The Bertz CT molecular complexity index is 1280. The predicted octanol–water partition coefficient (Wildman–Crippen LogP) is 5.83. The molecule has 1 unspecified atom stereocenters. The number of nitrogens with zero attached hydrogens (tertiary/aromatic N) is 2. The Morgan fingerprint density at radius 2 is 1.67 bits per heavy atom. The van der Waals surface area contributed by atoms with Crippen molar-refractivity contribution in [3.8, 4) is 0 Å². The first kappa shape index (κ1) is 26.0. The number of carbonyl (C=O) groups is 3. The minimum atomic E-state index is -0.738. The van der Waals surface area contributed by atoms with Crippen LogP contribution in [0.2, 0.25) is 10.0 Å². The van der Waals surface area contributed by atoms with E-state index < -0.39 is 6.04 Å². The molecular formula is C28H29Cl2N3O3. The third-order valence-electron chi connectivity index (χ3n) is 6.55. The summed E-state index contributed by atoms with van der Waals surface area (Å²) in [6.45, 7) is 4.28. The zero-order valence-electron chi connectivity index (χ0n) is 20.4. The first-order chi connectivity index (χ1) is 17.4. The molecule has 4 rings (SSSR count). The molecule has 0 saturated carbocycles. The van der Waals surface area contributed by atoms with Crippen LogP contribution < -0.4 is 10.2 Å². The molecule has 0 saturated heterocycles. The molecule has 1 N–H and O–H groups in total. The Hall–Kier alpha value is -3.09. The van der Waals surface area contributed by atoms with Crippen LogP contribution in [0.1, 0.15) is 49.0 Å². The quantitative estimate of drug-likeness (QED) is 0.338. The van der Waals surface area contributed by atoms with Gasteiger partial charge in [-0.3, -0.25) is 19.3 Å². The fourth-order valence-corrected chi connectivity index (χ4v) is 5.16. The highest BCUT2D eigenvalue weighted by molar-refractivity contribution is 6.36. The number of halogens is 2. The lowest BCUT2D eigenvalue weighted by atomic mass is 10.1. The van der Waals surface area contributed by atoms with Gasteiger partial charge in [0.15, 0.2) is 0 Å². The summed E-state index contributed by atoms with van der Waals surface area (Å²) >= 11 is 12.9. The maximum Gasteiger partial charge on any atom is 0.259 e. The summed E-state index contributed by atoms with van der Waals surface area (Å²) < 4.78 is 0. The van der Waals surface area contributed by atoms with Gasteiger partial charge in [0.05, 0.1) is 5.69 Å². The van der Waals surface area contributed by atoms with E-state index in [0.717, 1.165) is 23.6 Å². The van der Waals surface area contributed by atoms with E-state index >= 15 is 0 Å². The number of carbonyl (C=O) groups excluding carboxylic acids is 3. The molecule has 1 atom stereocenters. The lowest BCUT2D eigenvalue weighted by Crippen LogP contribution is -2.52. The second-order valence-corrected chi connectivity index (χ2v) is 9.68. The van der Waals surface area contributed by atoms with E-state index in [2.05, 4.69) is 5.32 Å². The minimum Gasteiger partial charge on any atom is -0.354 e. The van der Waals surface area contributed by atoms with Gasteiger partial charge in [0.2, 0.25) is 11.8 Å². The lowest BCUT2D eigenvalue weighted by molar-refractivity contribution is -0.140. The number of nitrogens with one attached hydrogen (secondary N) is 1. The largest absolute Gasteiger partial charge is 0.354 e.